The number of ether oxygens (including phenoxy) is 1. The van der Waals surface area contributed by atoms with Crippen LogP contribution in [0.3, 0.4) is 0 Å². The number of hydrogen-bond donors (Lipinski definition) is 1. The zero-order valence-electron chi connectivity index (χ0n) is 20.5. The number of rotatable bonds is 7. The molecule has 34 heavy (non-hydrogen) atoms. The second-order valence-corrected chi connectivity index (χ2v) is 11.1. The number of aryl methyl sites for hydroxylation is 1. The molecule has 0 aliphatic carbocycles. The van der Waals surface area contributed by atoms with Gasteiger partial charge in [0.1, 0.15) is 0 Å². The average Bonchev–Trinajstić information content (AvgIpc) is 2.80. The molecule has 3 rings (SSSR count). The fourth-order valence-electron chi connectivity index (χ4n) is 4.18. The Hall–Kier alpha value is -2.71. The number of hydrogen-bond acceptors (Lipinski definition) is 5. The van der Waals surface area contributed by atoms with Crippen molar-refractivity contribution in [2.24, 2.45) is 0 Å². The highest BCUT2D eigenvalue weighted by Gasteiger charge is 2.31. The second kappa shape index (κ2) is 10.7. The number of sulfonamides is 1. The van der Waals surface area contributed by atoms with E-state index < -0.39 is 28.0 Å². The Labute approximate surface area is 202 Å². The van der Waals surface area contributed by atoms with Gasteiger partial charge in [-0.1, -0.05) is 38.5 Å². The van der Waals surface area contributed by atoms with Crippen LogP contribution in [-0.4, -0.2) is 43.3 Å². The molecule has 1 amide bonds. The van der Waals surface area contributed by atoms with Crippen LogP contribution < -0.4 is 5.32 Å². The van der Waals surface area contributed by atoms with Crippen molar-refractivity contribution in [3.63, 3.8) is 0 Å². The SMILES string of the molecule is Cc1cccc(C(C)C)c1NC(=O)C(C)OC(=O)c1ccc(S(=O)(=O)N2CCCCC2C)cc1. The minimum absolute atomic E-state index is 0.0489. The van der Waals surface area contributed by atoms with Crippen LogP contribution in [0.25, 0.3) is 0 Å². The number of para-hydroxylation sites is 1. The fraction of sp³-hybridized carbons (Fsp3) is 0.462. The van der Waals surface area contributed by atoms with E-state index in [1.807, 2.05) is 45.9 Å². The van der Waals surface area contributed by atoms with Crippen LogP contribution in [0.4, 0.5) is 5.69 Å². The standard InChI is InChI=1S/C26H34N2O5S/c1-17(2)23-11-8-9-18(3)24(23)27-25(29)20(5)33-26(30)21-12-14-22(15-13-21)34(31,32)28-16-7-6-10-19(28)4/h8-9,11-15,17,19-20H,6-7,10,16H2,1-5H3,(H,27,29). The van der Waals surface area contributed by atoms with Crippen molar-refractivity contribution < 1.29 is 22.7 Å². The van der Waals surface area contributed by atoms with E-state index in [-0.39, 0.29) is 22.4 Å². The van der Waals surface area contributed by atoms with Crippen LogP contribution in [0.2, 0.25) is 0 Å². The quantitative estimate of drug-likeness (QED) is 0.564. The van der Waals surface area contributed by atoms with E-state index in [2.05, 4.69) is 5.32 Å². The van der Waals surface area contributed by atoms with E-state index >= 15 is 0 Å². The zero-order valence-corrected chi connectivity index (χ0v) is 21.3. The molecular formula is C26H34N2O5S. The van der Waals surface area contributed by atoms with Gasteiger partial charge >= 0.3 is 5.97 Å². The minimum Gasteiger partial charge on any atom is -0.449 e. The third kappa shape index (κ3) is 5.67. The predicted molar refractivity (Wildman–Crippen MR) is 132 cm³/mol. The van der Waals surface area contributed by atoms with Gasteiger partial charge in [0.15, 0.2) is 6.10 Å². The van der Waals surface area contributed by atoms with Gasteiger partial charge in [0.05, 0.1) is 10.5 Å². The molecule has 1 heterocycles. The average molecular weight is 487 g/mol. The molecule has 1 aliphatic rings. The molecule has 1 aliphatic heterocycles. The van der Waals surface area contributed by atoms with Gasteiger partial charge in [0, 0.05) is 18.3 Å². The van der Waals surface area contributed by atoms with Crippen LogP contribution in [0.1, 0.15) is 74.4 Å². The molecule has 2 aromatic carbocycles. The van der Waals surface area contributed by atoms with Gasteiger partial charge in [-0.25, -0.2) is 13.2 Å². The van der Waals surface area contributed by atoms with Crippen LogP contribution in [-0.2, 0) is 19.6 Å². The Kier molecular flexibility index (Phi) is 8.15. The number of benzene rings is 2. The summed E-state index contributed by atoms with van der Waals surface area (Å²) in [5, 5.41) is 2.89. The first-order valence-corrected chi connectivity index (χ1v) is 13.2. The zero-order chi connectivity index (χ0) is 25.0. The maximum Gasteiger partial charge on any atom is 0.338 e. The Balaban J connectivity index is 1.67. The predicted octanol–water partition coefficient (Wildman–Crippen LogP) is 4.87. The van der Waals surface area contributed by atoms with E-state index in [0.29, 0.717) is 6.54 Å². The van der Waals surface area contributed by atoms with Gasteiger partial charge < -0.3 is 10.1 Å². The number of piperidine rings is 1. The minimum atomic E-state index is -3.62. The van der Waals surface area contributed by atoms with Crippen molar-refractivity contribution in [1.82, 2.24) is 4.31 Å². The molecule has 0 spiro atoms. The topological polar surface area (TPSA) is 92.8 Å². The van der Waals surface area contributed by atoms with Crippen LogP contribution in [0, 0.1) is 6.92 Å². The van der Waals surface area contributed by atoms with Gasteiger partial charge in [-0.05, 0) is 74.9 Å². The number of carbonyl (C=O) groups is 2. The van der Waals surface area contributed by atoms with E-state index in [4.69, 9.17) is 4.74 Å². The van der Waals surface area contributed by atoms with E-state index in [1.54, 1.807) is 0 Å². The highest BCUT2D eigenvalue weighted by molar-refractivity contribution is 7.89. The first-order chi connectivity index (χ1) is 16.0. The lowest BCUT2D eigenvalue weighted by atomic mass is 9.98. The molecular weight excluding hydrogens is 452 g/mol. The van der Waals surface area contributed by atoms with Crippen molar-refractivity contribution >= 4 is 27.6 Å². The largest absolute Gasteiger partial charge is 0.449 e. The monoisotopic (exact) mass is 486 g/mol. The lowest BCUT2D eigenvalue weighted by Gasteiger charge is -2.32. The molecule has 0 aromatic heterocycles. The number of nitrogens with zero attached hydrogens (tertiary/aromatic N) is 1. The number of nitrogens with one attached hydrogen (secondary N) is 1. The molecule has 8 heteroatoms. The summed E-state index contributed by atoms with van der Waals surface area (Å²) in [7, 11) is -3.62. The third-order valence-electron chi connectivity index (χ3n) is 6.27. The van der Waals surface area contributed by atoms with Crippen molar-refractivity contribution in [2.75, 3.05) is 11.9 Å². The molecule has 1 saturated heterocycles. The van der Waals surface area contributed by atoms with E-state index in [9.17, 15) is 18.0 Å². The molecule has 0 bridgehead atoms. The summed E-state index contributed by atoms with van der Waals surface area (Å²) in [6, 6.07) is 11.5. The highest BCUT2D eigenvalue weighted by Crippen LogP contribution is 2.28. The normalized spacial score (nSPS) is 17.9. The molecule has 0 radical (unpaired) electrons. The first-order valence-electron chi connectivity index (χ1n) is 11.8. The maximum absolute atomic E-state index is 13.0. The van der Waals surface area contributed by atoms with Gasteiger partial charge in [-0.3, -0.25) is 4.79 Å². The molecule has 2 unspecified atom stereocenters. The summed E-state index contributed by atoms with van der Waals surface area (Å²) in [5.74, 6) is -0.898. The molecule has 7 nitrogen and oxygen atoms in total. The lowest BCUT2D eigenvalue weighted by molar-refractivity contribution is -0.123. The first kappa shape index (κ1) is 25.9. The van der Waals surface area contributed by atoms with Gasteiger partial charge in [-0.15, -0.1) is 0 Å². The Morgan fingerprint density at radius 1 is 1.06 bits per heavy atom. The fourth-order valence-corrected chi connectivity index (χ4v) is 5.88. The molecule has 2 atom stereocenters. The van der Waals surface area contributed by atoms with E-state index in [1.165, 1.54) is 35.5 Å². The smallest absolute Gasteiger partial charge is 0.338 e. The number of anilines is 1. The maximum atomic E-state index is 13.0. The summed E-state index contributed by atoms with van der Waals surface area (Å²) in [5.41, 5.74) is 2.85. The molecule has 184 valence electrons. The lowest BCUT2D eigenvalue weighted by Crippen LogP contribution is -2.41. The molecule has 1 N–H and O–H groups in total. The van der Waals surface area contributed by atoms with Gasteiger partial charge in [-0.2, -0.15) is 4.31 Å². The molecule has 2 aromatic rings. The third-order valence-corrected chi connectivity index (χ3v) is 8.29. The van der Waals surface area contributed by atoms with Crippen LogP contribution in [0.15, 0.2) is 47.4 Å². The molecule has 1 fully saturated rings. The summed E-state index contributed by atoms with van der Waals surface area (Å²) in [6.45, 7) is 9.93. The summed E-state index contributed by atoms with van der Waals surface area (Å²) < 4.78 is 32.8. The van der Waals surface area contributed by atoms with Crippen molar-refractivity contribution in [1.29, 1.82) is 0 Å². The number of amides is 1. The number of esters is 1. The van der Waals surface area contributed by atoms with E-state index in [0.717, 1.165) is 36.1 Å². The molecule has 0 saturated carbocycles. The summed E-state index contributed by atoms with van der Waals surface area (Å²) in [4.78, 5) is 25.5. The second-order valence-electron chi connectivity index (χ2n) is 9.22. The van der Waals surface area contributed by atoms with Crippen molar-refractivity contribution in [3.05, 3.63) is 59.2 Å². The van der Waals surface area contributed by atoms with Crippen LogP contribution in [0.5, 0.6) is 0 Å². The van der Waals surface area contributed by atoms with Crippen molar-refractivity contribution in [3.8, 4) is 0 Å². The van der Waals surface area contributed by atoms with Gasteiger partial charge in [0.2, 0.25) is 10.0 Å². The van der Waals surface area contributed by atoms with Gasteiger partial charge in [0.25, 0.3) is 5.91 Å². The Morgan fingerprint density at radius 2 is 1.74 bits per heavy atom. The Bertz CT molecular complexity index is 1140. The van der Waals surface area contributed by atoms with Crippen LogP contribution >= 0.6 is 0 Å². The number of carbonyl (C=O) groups excluding carboxylic acids is 2. The Morgan fingerprint density at radius 3 is 2.35 bits per heavy atom. The van der Waals surface area contributed by atoms with Crippen molar-refractivity contribution in [2.45, 2.75) is 76.8 Å². The summed E-state index contributed by atoms with van der Waals surface area (Å²) >= 11 is 0. The highest BCUT2D eigenvalue weighted by atomic mass is 32.2. The summed E-state index contributed by atoms with van der Waals surface area (Å²) in [6.07, 6.45) is 1.68.